The van der Waals surface area contributed by atoms with Crippen LogP contribution < -0.4 is 10.1 Å². The first-order valence-electron chi connectivity index (χ1n) is 7.94. The molecule has 0 spiro atoms. The van der Waals surface area contributed by atoms with Crippen LogP contribution in [0.2, 0.25) is 0 Å². The minimum Gasteiger partial charge on any atom is -0.486 e. The number of hydrogen-bond acceptors (Lipinski definition) is 3. The molecule has 0 heterocycles. The Balaban J connectivity index is 1.86. The van der Waals surface area contributed by atoms with Crippen LogP contribution in [0.3, 0.4) is 0 Å². The van der Waals surface area contributed by atoms with Crippen molar-refractivity contribution in [2.45, 2.75) is 39.3 Å². The van der Waals surface area contributed by atoms with E-state index in [0.717, 1.165) is 30.7 Å². The summed E-state index contributed by atoms with van der Waals surface area (Å²) in [6.07, 6.45) is 0.756. The van der Waals surface area contributed by atoms with Gasteiger partial charge < -0.3 is 10.1 Å². The molecular weight excluding hydrogens is 286 g/mol. The van der Waals surface area contributed by atoms with Gasteiger partial charge in [0, 0.05) is 13.1 Å². The lowest BCUT2D eigenvalue weighted by Crippen LogP contribution is -2.14. The molecule has 0 aromatic heterocycles. The number of carbonyl (C=O) groups is 1. The molecule has 2 aromatic carbocycles. The van der Waals surface area contributed by atoms with Crippen molar-refractivity contribution in [3.05, 3.63) is 65.2 Å². The van der Waals surface area contributed by atoms with Gasteiger partial charge in [0.25, 0.3) is 0 Å². The van der Waals surface area contributed by atoms with Gasteiger partial charge in [-0.1, -0.05) is 57.2 Å². The maximum atomic E-state index is 10.3. The second-order valence-electron chi connectivity index (χ2n) is 6.68. The average molecular weight is 311 g/mol. The van der Waals surface area contributed by atoms with E-state index in [1.165, 1.54) is 11.1 Å². The predicted octanol–water partition coefficient (Wildman–Crippen LogP) is 3.85. The molecule has 0 atom stereocenters. The third-order valence-electron chi connectivity index (χ3n) is 3.69. The van der Waals surface area contributed by atoms with E-state index in [1.807, 2.05) is 24.3 Å². The lowest BCUT2D eigenvalue weighted by atomic mass is 9.87. The van der Waals surface area contributed by atoms with Gasteiger partial charge in [0.15, 0.2) is 6.29 Å². The van der Waals surface area contributed by atoms with Crippen molar-refractivity contribution < 1.29 is 9.53 Å². The fourth-order valence-electron chi connectivity index (χ4n) is 2.35. The van der Waals surface area contributed by atoms with E-state index in [9.17, 15) is 4.79 Å². The van der Waals surface area contributed by atoms with Crippen molar-refractivity contribution in [1.82, 2.24) is 5.32 Å². The van der Waals surface area contributed by atoms with Crippen LogP contribution >= 0.6 is 0 Å². The molecule has 3 heteroatoms. The molecule has 2 aromatic rings. The van der Waals surface area contributed by atoms with Gasteiger partial charge in [-0.05, 0) is 34.2 Å². The zero-order valence-corrected chi connectivity index (χ0v) is 14.1. The summed E-state index contributed by atoms with van der Waals surface area (Å²) in [5.41, 5.74) is 3.95. The van der Waals surface area contributed by atoms with Gasteiger partial charge in [0.1, 0.15) is 12.4 Å². The molecule has 0 unspecified atom stereocenters. The second kappa shape index (κ2) is 7.93. The number of carbonyl (C=O) groups excluding carboxylic acids is 1. The van der Waals surface area contributed by atoms with E-state index in [0.29, 0.717) is 0 Å². The summed E-state index contributed by atoms with van der Waals surface area (Å²) in [5.74, 6) is 0.728. The Hall–Kier alpha value is -2.13. The molecule has 2 rings (SSSR count). The third-order valence-corrected chi connectivity index (χ3v) is 3.69. The Morgan fingerprint density at radius 2 is 1.70 bits per heavy atom. The van der Waals surface area contributed by atoms with E-state index >= 15 is 0 Å². The van der Waals surface area contributed by atoms with Gasteiger partial charge in [-0.25, -0.2) is 0 Å². The van der Waals surface area contributed by atoms with Crippen molar-refractivity contribution in [3.63, 3.8) is 0 Å². The summed E-state index contributed by atoms with van der Waals surface area (Å²) < 4.78 is 5.31. The average Bonchev–Trinajstić information content (AvgIpc) is 2.53. The highest BCUT2D eigenvalue weighted by molar-refractivity contribution is 5.51. The summed E-state index contributed by atoms with van der Waals surface area (Å²) in [5, 5.41) is 3.43. The molecule has 0 fully saturated rings. The van der Waals surface area contributed by atoms with Crippen LogP contribution in [0.15, 0.2) is 48.5 Å². The fraction of sp³-hybridized carbons (Fsp3) is 0.350. The van der Waals surface area contributed by atoms with Gasteiger partial charge in [0.05, 0.1) is 0 Å². The standard InChI is InChI=1S/C20H25NO2/c1-20(2,3)18-9-7-16(8-10-18)14-21-15-17-5-4-6-19(13-17)23-12-11-22/h4-11,13,21H,12,14-15H2,1-3H3. The van der Waals surface area contributed by atoms with Gasteiger partial charge in [0.2, 0.25) is 0 Å². The Labute approximate surface area is 138 Å². The van der Waals surface area contributed by atoms with Crippen LogP contribution in [-0.4, -0.2) is 12.9 Å². The van der Waals surface area contributed by atoms with Crippen molar-refractivity contribution >= 4 is 6.29 Å². The van der Waals surface area contributed by atoms with E-state index < -0.39 is 0 Å². The molecule has 0 aliphatic heterocycles. The number of benzene rings is 2. The van der Waals surface area contributed by atoms with Crippen LogP contribution in [0.5, 0.6) is 5.75 Å². The van der Waals surface area contributed by atoms with Gasteiger partial charge in [-0.15, -0.1) is 0 Å². The first kappa shape index (κ1) is 17.2. The third kappa shape index (κ3) is 5.53. The molecule has 122 valence electrons. The van der Waals surface area contributed by atoms with Crippen molar-refractivity contribution in [3.8, 4) is 5.75 Å². The molecule has 0 saturated heterocycles. The van der Waals surface area contributed by atoms with E-state index in [1.54, 1.807) is 0 Å². The Morgan fingerprint density at radius 1 is 1.00 bits per heavy atom. The van der Waals surface area contributed by atoms with Gasteiger partial charge >= 0.3 is 0 Å². The quantitative estimate of drug-likeness (QED) is 0.789. The van der Waals surface area contributed by atoms with Crippen LogP contribution in [0, 0.1) is 0 Å². The van der Waals surface area contributed by atoms with Crippen LogP contribution in [-0.2, 0) is 23.3 Å². The van der Waals surface area contributed by atoms with Crippen LogP contribution in [0.25, 0.3) is 0 Å². The van der Waals surface area contributed by atoms with Crippen LogP contribution in [0.1, 0.15) is 37.5 Å². The zero-order chi connectivity index (χ0) is 16.7. The highest BCUT2D eigenvalue weighted by Gasteiger charge is 2.12. The topological polar surface area (TPSA) is 38.3 Å². The largest absolute Gasteiger partial charge is 0.486 e. The van der Waals surface area contributed by atoms with Crippen molar-refractivity contribution in [2.75, 3.05) is 6.61 Å². The highest BCUT2D eigenvalue weighted by Crippen LogP contribution is 2.22. The Kier molecular flexibility index (Phi) is 5.94. The number of rotatable bonds is 7. The first-order chi connectivity index (χ1) is 11.0. The number of hydrogen-bond donors (Lipinski definition) is 1. The lowest BCUT2D eigenvalue weighted by molar-refractivity contribution is -0.109. The lowest BCUT2D eigenvalue weighted by Gasteiger charge is -2.19. The molecule has 3 nitrogen and oxygen atoms in total. The first-order valence-corrected chi connectivity index (χ1v) is 7.94. The number of nitrogens with one attached hydrogen (secondary N) is 1. The van der Waals surface area contributed by atoms with Gasteiger partial charge in [-0.2, -0.15) is 0 Å². The molecule has 0 saturated carbocycles. The molecule has 0 radical (unpaired) electrons. The molecule has 0 aliphatic rings. The Bertz CT molecular complexity index is 627. The fourth-order valence-corrected chi connectivity index (χ4v) is 2.35. The molecule has 23 heavy (non-hydrogen) atoms. The molecular formula is C20H25NO2. The van der Waals surface area contributed by atoms with Crippen LogP contribution in [0.4, 0.5) is 0 Å². The maximum Gasteiger partial charge on any atom is 0.157 e. The minimum atomic E-state index is 0.0943. The summed E-state index contributed by atoms with van der Waals surface area (Å²) >= 11 is 0. The SMILES string of the molecule is CC(C)(C)c1ccc(CNCc2cccc(OCC=O)c2)cc1. The summed E-state index contributed by atoms with van der Waals surface area (Å²) in [7, 11) is 0. The predicted molar refractivity (Wildman–Crippen MR) is 93.7 cm³/mol. The minimum absolute atomic E-state index is 0.0943. The number of aldehydes is 1. The van der Waals surface area contributed by atoms with Gasteiger partial charge in [-0.3, -0.25) is 4.79 Å². The molecule has 1 N–H and O–H groups in total. The van der Waals surface area contributed by atoms with Crippen molar-refractivity contribution in [1.29, 1.82) is 0 Å². The zero-order valence-electron chi connectivity index (χ0n) is 14.1. The van der Waals surface area contributed by atoms with E-state index in [2.05, 4.69) is 50.4 Å². The Morgan fingerprint density at radius 3 is 2.35 bits per heavy atom. The monoisotopic (exact) mass is 311 g/mol. The van der Waals surface area contributed by atoms with E-state index in [4.69, 9.17) is 4.74 Å². The smallest absolute Gasteiger partial charge is 0.157 e. The summed E-state index contributed by atoms with van der Waals surface area (Å²) in [4.78, 5) is 10.3. The normalized spacial score (nSPS) is 11.3. The number of ether oxygens (including phenoxy) is 1. The molecule has 0 bridgehead atoms. The highest BCUT2D eigenvalue weighted by atomic mass is 16.5. The summed E-state index contributed by atoms with van der Waals surface area (Å²) in [6, 6.07) is 16.6. The van der Waals surface area contributed by atoms with E-state index in [-0.39, 0.29) is 12.0 Å². The maximum absolute atomic E-state index is 10.3. The molecule has 0 amide bonds. The second-order valence-corrected chi connectivity index (χ2v) is 6.68. The molecule has 0 aliphatic carbocycles. The summed E-state index contributed by atoms with van der Waals surface area (Å²) in [6.45, 7) is 8.35. The van der Waals surface area contributed by atoms with Crippen molar-refractivity contribution in [2.24, 2.45) is 0 Å².